The number of aromatic nitrogens is 8. The second kappa shape index (κ2) is 39.0. The lowest BCUT2D eigenvalue weighted by Gasteiger charge is -2.20. The number of benzene rings is 2. The van der Waals surface area contributed by atoms with E-state index in [1.165, 1.54) is 140 Å². The van der Waals surface area contributed by atoms with Crippen molar-refractivity contribution in [3.63, 3.8) is 0 Å². The molecule has 0 unspecified atom stereocenters. The van der Waals surface area contributed by atoms with Crippen molar-refractivity contribution in [3.8, 4) is 11.5 Å². The SMILES string of the molecule is C.CC(C)c1nccn1C(=O)OC(C)(C)C.CC(C)c1nccn1C(=O)Oc1ccccc1.CCCCCCCCCCCCCCCCCc1nccn1C(=O)OCC.COc1cc(COC(=O)n2ccnc2C(C)C)c([N+](=O)[O-])cc1C. The van der Waals surface area contributed by atoms with Crippen LogP contribution in [0.3, 0.4) is 0 Å². The molecule has 0 saturated carbocycles. The van der Waals surface area contributed by atoms with Gasteiger partial charge in [0, 0.05) is 79.8 Å². The Hall–Kier alpha value is -7.64. The molecule has 2 aromatic carbocycles. The van der Waals surface area contributed by atoms with Gasteiger partial charge in [-0.2, -0.15) is 0 Å². The highest BCUT2D eigenvalue weighted by Gasteiger charge is 2.23. The number of para-hydroxylation sites is 1. The summed E-state index contributed by atoms with van der Waals surface area (Å²) in [4.78, 5) is 75.0. The molecular weight excluding hydrogens is 1070 g/mol. The number of hydrogen-bond donors (Lipinski definition) is 0. The van der Waals surface area contributed by atoms with Gasteiger partial charge < -0.3 is 23.7 Å². The maximum absolute atomic E-state index is 12.2. The van der Waals surface area contributed by atoms with E-state index < -0.39 is 22.7 Å². The molecule has 0 bridgehead atoms. The Labute approximate surface area is 499 Å². The third kappa shape index (κ3) is 25.9. The van der Waals surface area contributed by atoms with Gasteiger partial charge in [-0.25, -0.2) is 57.4 Å². The Kier molecular flexibility index (Phi) is 33.6. The van der Waals surface area contributed by atoms with Gasteiger partial charge in [-0.05, 0) is 64.8 Å². The van der Waals surface area contributed by atoms with E-state index in [1.807, 2.05) is 87.4 Å². The van der Waals surface area contributed by atoms with Crippen LogP contribution in [0.25, 0.3) is 0 Å². The average Bonchev–Trinajstić information content (AvgIpc) is 4.31. The molecule has 84 heavy (non-hydrogen) atoms. The Morgan fingerprint density at radius 1 is 0.583 bits per heavy atom. The lowest BCUT2D eigenvalue weighted by atomic mass is 10.0. The molecule has 0 amide bonds. The molecule has 20 nitrogen and oxygen atoms in total. The highest BCUT2D eigenvalue weighted by molar-refractivity contribution is 5.74. The predicted molar refractivity (Wildman–Crippen MR) is 328 cm³/mol. The number of hydrogen-bond acceptors (Lipinski definition) is 15. The van der Waals surface area contributed by atoms with Crippen molar-refractivity contribution in [1.29, 1.82) is 0 Å². The summed E-state index contributed by atoms with van der Waals surface area (Å²) in [5.41, 5.74) is 0.309. The molecule has 464 valence electrons. The van der Waals surface area contributed by atoms with E-state index in [-0.39, 0.29) is 55.2 Å². The van der Waals surface area contributed by atoms with Crippen LogP contribution in [0.4, 0.5) is 24.9 Å². The van der Waals surface area contributed by atoms with Crippen molar-refractivity contribution in [1.82, 2.24) is 38.2 Å². The number of ether oxygens (including phenoxy) is 5. The number of carbonyl (C=O) groups excluding carboxylic acids is 4. The minimum absolute atomic E-state index is 0. The van der Waals surface area contributed by atoms with Gasteiger partial charge in [-0.1, -0.05) is 164 Å². The first-order valence-corrected chi connectivity index (χ1v) is 29.4. The van der Waals surface area contributed by atoms with Crippen molar-refractivity contribution >= 4 is 30.1 Å². The molecule has 4 heterocycles. The molecule has 0 saturated heterocycles. The van der Waals surface area contributed by atoms with Crippen LogP contribution in [0.2, 0.25) is 0 Å². The molecular formula is C64H97N9O11. The van der Waals surface area contributed by atoms with Crippen LogP contribution in [0.5, 0.6) is 11.5 Å². The first-order valence-electron chi connectivity index (χ1n) is 29.4. The maximum atomic E-state index is 12.2. The first kappa shape index (κ1) is 72.5. The first-order chi connectivity index (χ1) is 39.6. The fraction of sp³-hybridized carbons (Fsp3) is 0.562. The van der Waals surface area contributed by atoms with Gasteiger partial charge in [0.25, 0.3) is 5.69 Å². The Morgan fingerprint density at radius 3 is 1.45 bits per heavy atom. The highest BCUT2D eigenvalue weighted by Crippen LogP contribution is 2.29. The van der Waals surface area contributed by atoms with Crippen LogP contribution in [-0.2, 0) is 27.2 Å². The van der Waals surface area contributed by atoms with Crippen molar-refractivity contribution in [2.24, 2.45) is 0 Å². The normalized spacial score (nSPS) is 10.9. The number of nitro benzene ring substituents is 1. The van der Waals surface area contributed by atoms with Crippen LogP contribution >= 0.6 is 0 Å². The molecule has 6 aromatic rings. The summed E-state index contributed by atoms with van der Waals surface area (Å²) in [5, 5.41) is 11.2. The Bertz CT molecular complexity index is 2840. The number of aryl methyl sites for hydroxylation is 2. The molecule has 0 fully saturated rings. The Morgan fingerprint density at radius 2 is 1.01 bits per heavy atom. The van der Waals surface area contributed by atoms with Gasteiger partial charge in [0.1, 0.15) is 47.0 Å². The average molecular weight is 1170 g/mol. The van der Waals surface area contributed by atoms with Crippen molar-refractivity contribution < 1.29 is 47.8 Å². The zero-order valence-electron chi connectivity index (χ0n) is 51.6. The van der Waals surface area contributed by atoms with Gasteiger partial charge in [0.15, 0.2) is 0 Å². The van der Waals surface area contributed by atoms with Crippen molar-refractivity contribution in [2.45, 2.75) is 223 Å². The largest absolute Gasteiger partial charge is 0.496 e. The molecule has 4 aromatic heterocycles. The summed E-state index contributed by atoms with van der Waals surface area (Å²) in [6.07, 6.45) is 32.4. The molecule has 0 aliphatic carbocycles. The van der Waals surface area contributed by atoms with Gasteiger partial charge in [0.05, 0.1) is 24.2 Å². The molecule has 0 radical (unpaired) electrons. The monoisotopic (exact) mass is 1170 g/mol. The van der Waals surface area contributed by atoms with E-state index in [1.54, 1.807) is 56.2 Å². The lowest BCUT2D eigenvalue weighted by Crippen LogP contribution is -2.28. The third-order valence-electron chi connectivity index (χ3n) is 12.8. The summed E-state index contributed by atoms with van der Waals surface area (Å²) < 4.78 is 31.6. The number of imidazole rings is 4. The number of nitrogens with zero attached hydrogens (tertiary/aromatic N) is 9. The van der Waals surface area contributed by atoms with Crippen LogP contribution in [0.1, 0.15) is 232 Å². The third-order valence-corrected chi connectivity index (χ3v) is 12.8. The topological polar surface area (TPSA) is 229 Å². The van der Waals surface area contributed by atoms with Crippen LogP contribution in [0.15, 0.2) is 92.0 Å². The Balaban J connectivity index is 0.000000390. The van der Waals surface area contributed by atoms with E-state index in [4.69, 9.17) is 23.7 Å². The minimum Gasteiger partial charge on any atom is -0.496 e. The van der Waals surface area contributed by atoms with Crippen LogP contribution in [-0.4, -0.2) is 86.8 Å². The van der Waals surface area contributed by atoms with Gasteiger partial charge in [-0.15, -0.1) is 0 Å². The number of rotatable bonds is 25. The zero-order valence-corrected chi connectivity index (χ0v) is 51.6. The molecule has 6 rings (SSSR count). The van der Waals surface area contributed by atoms with E-state index >= 15 is 0 Å². The summed E-state index contributed by atoms with van der Waals surface area (Å²) in [6, 6.07) is 11.9. The van der Waals surface area contributed by atoms with E-state index in [0.29, 0.717) is 35.3 Å². The second-order valence-corrected chi connectivity index (χ2v) is 22.0. The maximum Gasteiger partial charge on any atom is 0.424 e. The lowest BCUT2D eigenvalue weighted by molar-refractivity contribution is -0.385. The van der Waals surface area contributed by atoms with Crippen molar-refractivity contribution in [2.75, 3.05) is 13.7 Å². The van der Waals surface area contributed by atoms with Crippen molar-refractivity contribution in [3.05, 3.63) is 137 Å². The molecule has 0 N–H and O–H groups in total. The standard InChI is InChI=1S/C23H42N2O2.C16H19N3O5.C13H14N2O2.C11H18N2O2.CH4/c1-3-5-6-7-8-9-10-11-12-13-14-15-16-17-18-19-22-24-20-21-25(22)23(26)27-4-2;1-10(2)15-17-5-6-18(15)16(20)24-9-12-8-14(23-4)11(3)7-13(12)19(21)22;1-10(2)12-14-8-9-15(12)13(16)17-11-6-4-3-5-7-11;1-8(2)9-12-6-7-13(9)10(14)15-11(3,4)5;/h20-21H,3-19H2,1-2H3;5-8,10H,9H2,1-4H3;3-10H,1-2H3;6-8H,1-5H3;1H4. The number of carbonyl (C=O) groups is 4. The van der Waals surface area contributed by atoms with E-state index in [9.17, 15) is 29.3 Å². The van der Waals surface area contributed by atoms with Gasteiger partial charge in [0.2, 0.25) is 0 Å². The summed E-state index contributed by atoms with van der Waals surface area (Å²) in [6.45, 7) is 23.3. The molecule has 20 heteroatoms. The minimum atomic E-state index is -0.634. The molecule has 0 spiro atoms. The van der Waals surface area contributed by atoms with Crippen LogP contribution in [0, 0.1) is 17.0 Å². The number of unbranched alkanes of at least 4 members (excludes halogenated alkanes) is 14. The molecule has 0 atom stereocenters. The van der Waals surface area contributed by atoms with E-state index in [2.05, 4.69) is 26.9 Å². The summed E-state index contributed by atoms with van der Waals surface area (Å²) in [7, 11) is 1.48. The smallest absolute Gasteiger partial charge is 0.424 e. The quantitative estimate of drug-likeness (QED) is 0.0225. The summed E-state index contributed by atoms with van der Waals surface area (Å²) in [5.74, 6) is 4.26. The number of nitro groups is 1. The fourth-order valence-electron chi connectivity index (χ4n) is 8.60. The highest BCUT2D eigenvalue weighted by atomic mass is 16.6. The van der Waals surface area contributed by atoms with Gasteiger partial charge in [-0.3, -0.25) is 10.1 Å². The number of methoxy groups -OCH3 is 1. The summed E-state index contributed by atoms with van der Waals surface area (Å²) >= 11 is 0. The second-order valence-electron chi connectivity index (χ2n) is 22.0. The predicted octanol–water partition coefficient (Wildman–Crippen LogP) is 17.2. The van der Waals surface area contributed by atoms with Crippen LogP contribution < -0.4 is 9.47 Å². The zero-order chi connectivity index (χ0) is 61.3. The van der Waals surface area contributed by atoms with Gasteiger partial charge >= 0.3 is 24.4 Å². The van der Waals surface area contributed by atoms with E-state index in [0.717, 1.165) is 24.5 Å². The molecule has 0 aliphatic heterocycles. The fourth-order valence-corrected chi connectivity index (χ4v) is 8.60. The molecule has 0 aliphatic rings.